The van der Waals surface area contributed by atoms with Gasteiger partial charge in [-0.1, -0.05) is 54.1 Å². The van der Waals surface area contributed by atoms with Gasteiger partial charge in [0.25, 0.3) is 5.91 Å². The van der Waals surface area contributed by atoms with Gasteiger partial charge in [-0.25, -0.2) is 4.98 Å². The summed E-state index contributed by atoms with van der Waals surface area (Å²) in [5.41, 5.74) is 4.14. The molecule has 2 N–H and O–H groups in total. The fraction of sp³-hybridized carbons (Fsp3) is 0.200. The number of carbonyl (C=O) groups is 1. The molecule has 126 valence electrons. The molecular formula is C20H18N2O3. The van der Waals surface area contributed by atoms with Crippen molar-refractivity contribution in [3.8, 4) is 11.3 Å². The summed E-state index contributed by atoms with van der Waals surface area (Å²) in [5.74, 6) is 0.0725. The third kappa shape index (κ3) is 2.83. The van der Waals surface area contributed by atoms with Crippen LogP contribution in [0.25, 0.3) is 11.3 Å². The van der Waals surface area contributed by atoms with Crippen LogP contribution in [0, 0.1) is 6.92 Å². The Morgan fingerprint density at radius 2 is 1.96 bits per heavy atom. The van der Waals surface area contributed by atoms with Crippen molar-refractivity contribution in [3.05, 3.63) is 77.3 Å². The molecule has 1 aromatic heterocycles. The van der Waals surface area contributed by atoms with Crippen LogP contribution >= 0.6 is 0 Å². The number of aliphatic hydroxyl groups is 1. The van der Waals surface area contributed by atoms with Gasteiger partial charge < -0.3 is 14.8 Å². The van der Waals surface area contributed by atoms with Gasteiger partial charge >= 0.3 is 0 Å². The number of hydrogen-bond donors (Lipinski definition) is 2. The van der Waals surface area contributed by atoms with Gasteiger partial charge in [0.15, 0.2) is 17.8 Å². The first-order chi connectivity index (χ1) is 12.1. The number of aromatic nitrogens is 1. The molecule has 0 unspecified atom stereocenters. The largest absolute Gasteiger partial charge is 0.443 e. The van der Waals surface area contributed by atoms with Crippen LogP contribution in [0.1, 0.15) is 33.2 Å². The van der Waals surface area contributed by atoms with E-state index in [-0.39, 0.29) is 11.6 Å². The van der Waals surface area contributed by atoms with E-state index in [0.29, 0.717) is 12.2 Å². The molecule has 1 amide bonds. The Bertz CT molecular complexity index is 915. The van der Waals surface area contributed by atoms with Crippen LogP contribution < -0.4 is 5.32 Å². The van der Waals surface area contributed by atoms with E-state index in [0.717, 1.165) is 22.3 Å². The van der Waals surface area contributed by atoms with Gasteiger partial charge in [-0.2, -0.15) is 0 Å². The lowest BCUT2D eigenvalue weighted by Gasteiger charge is -2.17. The van der Waals surface area contributed by atoms with Crippen LogP contribution in [0.4, 0.5) is 0 Å². The SMILES string of the molecule is Cc1ccc(-c2ocnc2C(=O)N[C@H]2c3ccccc3C[C@H]2O)cc1. The van der Waals surface area contributed by atoms with Gasteiger partial charge in [-0.05, 0) is 18.1 Å². The highest BCUT2D eigenvalue weighted by Crippen LogP contribution is 2.32. The molecule has 5 nitrogen and oxygen atoms in total. The zero-order chi connectivity index (χ0) is 17.4. The second-order valence-corrected chi connectivity index (χ2v) is 6.32. The summed E-state index contributed by atoms with van der Waals surface area (Å²) in [4.78, 5) is 16.8. The third-order valence-corrected chi connectivity index (χ3v) is 4.59. The number of oxazole rings is 1. The zero-order valence-corrected chi connectivity index (χ0v) is 13.8. The fourth-order valence-corrected chi connectivity index (χ4v) is 3.28. The average molecular weight is 334 g/mol. The molecule has 2 atom stereocenters. The van der Waals surface area contributed by atoms with E-state index in [1.807, 2.05) is 55.5 Å². The average Bonchev–Trinajstić information content (AvgIpc) is 3.21. The smallest absolute Gasteiger partial charge is 0.274 e. The van der Waals surface area contributed by atoms with Gasteiger partial charge in [0, 0.05) is 12.0 Å². The number of carbonyl (C=O) groups excluding carboxylic acids is 1. The van der Waals surface area contributed by atoms with E-state index in [2.05, 4.69) is 10.3 Å². The summed E-state index contributed by atoms with van der Waals surface area (Å²) in [6.45, 7) is 2.00. The Kier molecular flexibility index (Phi) is 3.86. The monoisotopic (exact) mass is 334 g/mol. The molecule has 2 aromatic carbocycles. The molecular weight excluding hydrogens is 316 g/mol. The van der Waals surface area contributed by atoms with Crippen molar-refractivity contribution in [1.29, 1.82) is 0 Å². The van der Waals surface area contributed by atoms with Crippen LogP contribution in [-0.4, -0.2) is 22.1 Å². The Morgan fingerprint density at radius 1 is 1.20 bits per heavy atom. The maximum Gasteiger partial charge on any atom is 0.274 e. The Morgan fingerprint density at radius 3 is 2.76 bits per heavy atom. The maximum atomic E-state index is 12.7. The first kappa shape index (κ1) is 15.6. The normalized spacial score (nSPS) is 18.8. The first-order valence-corrected chi connectivity index (χ1v) is 8.21. The van der Waals surface area contributed by atoms with Crippen LogP contribution in [0.3, 0.4) is 0 Å². The molecule has 25 heavy (non-hydrogen) atoms. The number of rotatable bonds is 3. The van der Waals surface area contributed by atoms with Crippen molar-refractivity contribution in [3.63, 3.8) is 0 Å². The molecule has 0 radical (unpaired) electrons. The molecule has 1 aliphatic rings. The number of aryl methyl sites for hydroxylation is 1. The summed E-state index contributed by atoms with van der Waals surface area (Å²) >= 11 is 0. The summed E-state index contributed by atoms with van der Waals surface area (Å²) in [6, 6.07) is 15.0. The van der Waals surface area contributed by atoms with E-state index < -0.39 is 12.1 Å². The maximum absolute atomic E-state index is 12.7. The van der Waals surface area contributed by atoms with Crippen LogP contribution in [0.2, 0.25) is 0 Å². The number of fused-ring (bicyclic) bond motifs is 1. The minimum atomic E-state index is -0.643. The predicted octanol–water partition coefficient (Wildman–Crippen LogP) is 3.04. The molecule has 0 fully saturated rings. The van der Waals surface area contributed by atoms with Crippen molar-refractivity contribution < 1.29 is 14.3 Å². The van der Waals surface area contributed by atoms with Gasteiger partial charge in [-0.3, -0.25) is 4.79 Å². The highest BCUT2D eigenvalue weighted by Gasteiger charge is 2.33. The van der Waals surface area contributed by atoms with E-state index >= 15 is 0 Å². The number of nitrogens with zero attached hydrogens (tertiary/aromatic N) is 1. The summed E-state index contributed by atoms with van der Waals surface area (Å²) in [6.07, 6.45) is 1.16. The summed E-state index contributed by atoms with van der Waals surface area (Å²) < 4.78 is 5.44. The molecule has 1 aliphatic carbocycles. The molecule has 0 bridgehead atoms. The minimum absolute atomic E-state index is 0.223. The standard InChI is InChI=1S/C20H18N2O3/c1-12-6-8-13(9-7-12)19-18(21-11-25-19)20(24)22-17-15-5-3-2-4-14(15)10-16(17)23/h2-9,11,16-17,23H,10H2,1H3,(H,22,24)/t16-,17+/m1/s1. The lowest BCUT2D eigenvalue weighted by Crippen LogP contribution is -2.34. The number of hydrogen-bond acceptors (Lipinski definition) is 4. The summed E-state index contributed by atoms with van der Waals surface area (Å²) in [7, 11) is 0. The molecule has 4 rings (SSSR count). The van der Waals surface area contributed by atoms with Crippen molar-refractivity contribution >= 4 is 5.91 Å². The molecule has 0 saturated heterocycles. The van der Waals surface area contributed by atoms with Gasteiger partial charge in [0.2, 0.25) is 0 Å². The molecule has 3 aromatic rings. The lowest BCUT2D eigenvalue weighted by molar-refractivity contribution is 0.0854. The van der Waals surface area contributed by atoms with Crippen molar-refractivity contribution in [2.45, 2.75) is 25.5 Å². The highest BCUT2D eigenvalue weighted by molar-refractivity contribution is 5.97. The second-order valence-electron chi connectivity index (χ2n) is 6.32. The molecule has 5 heteroatoms. The molecule has 1 heterocycles. The Balaban J connectivity index is 1.61. The number of nitrogens with one attached hydrogen (secondary N) is 1. The highest BCUT2D eigenvalue weighted by atomic mass is 16.3. The second kappa shape index (κ2) is 6.18. The van der Waals surface area contributed by atoms with Gasteiger partial charge in [0.1, 0.15) is 0 Å². The van der Waals surface area contributed by atoms with Crippen molar-refractivity contribution in [2.75, 3.05) is 0 Å². The van der Waals surface area contributed by atoms with Crippen LogP contribution in [0.5, 0.6) is 0 Å². The quantitative estimate of drug-likeness (QED) is 0.772. The van der Waals surface area contributed by atoms with Crippen molar-refractivity contribution in [1.82, 2.24) is 10.3 Å². The van der Waals surface area contributed by atoms with Crippen molar-refractivity contribution in [2.24, 2.45) is 0 Å². The van der Waals surface area contributed by atoms with E-state index in [4.69, 9.17) is 4.42 Å². The van der Waals surface area contributed by atoms with Gasteiger partial charge in [0.05, 0.1) is 12.1 Å². The number of benzene rings is 2. The van der Waals surface area contributed by atoms with E-state index in [1.165, 1.54) is 6.39 Å². The first-order valence-electron chi connectivity index (χ1n) is 8.21. The minimum Gasteiger partial charge on any atom is -0.443 e. The fourth-order valence-electron chi connectivity index (χ4n) is 3.28. The van der Waals surface area contributed by atoms with E-state index in [9.17, 15) is 9.90 Å². The van der Waals surface area contributed by atoms with Gasteiger partial charge in [-0.15, -0.1) is 0 Å². The summed E-state index contributed by atoms with van der Waals surface area (Å²) in [5, 5.41) is 13.2. The van der Waals surface area contributed by atoms with Crippen LogP contribution in [0.15, 0.2) is 59.3 Å². The van der Waals surface area contributed by atoms with E-state index in [1.54, 1.807) is 0 Å². The number of amides is 1. The molecule has 0 saturated carbocycles. The predicted molar refractivity (Wildman–Crippen MR) is 93.0 cm³/mol. The van der Waals surface area contributed by atoms with Crippen LogP contribution in [-0.2, 0) is 6.42 Å². The molecule has 0 aliphatic heterocycles. The molecule has 0 spiro atoms. The number of aliphatic hydroxyl groups excluding tert-OH is 1. The zero-order valence-electron chi connectivity index (χ0n) is 13.8. The topological polar surface area (TPSA) is 75.4 Å². The third-order valence-electron chi connectivity index (χ3n) is 4.59. The Hall–Kier alpha value is -2.92. The Labute approximate surface area is 145 Å². The lowest BCUT2D eigenvalue weighted by atomic mass is 10.1.